The lowest BCUT2D eigenvalue weighted by Gasteiger charge is -2.51. The molecule has 14 heavy (non-hydrogen) atoms. The molecule has 0 atom stereocenters. The van der Waals surface area contributed by atoms with Crippen molar-refractivity contribution < 1.29 is 0 Å². The fourth-order valence-electron chi connectivity index (χ4n) is 3.23. The first kappa shape index (κ1) is 8.49. The van der Waals surface area contributed by atoms with Gasteiger partial charge in [0.2, 0.25) is 0 Å². The Bertz CT molecular complexity index is 336. The van der Waals surface area contributed by atoms with Crippen molar-refractivity contribution in [3.05, 3.63) is 35.4 Å². The summed E-state index contributed by atoms with van der Waals surface area (Å²) in [7, 11) is 0. The fourth-order valence-corrected chi connectivity index (χ4v) is 3.23. The third-order valence-electron chi connectivity index (χ3n) is 4.36. The van der Waals surface area contributed by atoms with Crippen LogP contribution in [0.25, 0.3) is 0 Å². The number of hydrogen-bond donors (Lipinski definition) is 1. The number of benzene rings is 1. The highest BCUT2D eigenvalue weighted by Gasteiger charge is 2.47. The summed E-state index contributed by atoms with van der Waals surface area (Å²) in [5.41, 5.74) is 9.81. The predicted octanol–water partition coefficient (Wildman–Crippen LogP) is 2.69. The third-order valence-corrected chi connectivity index (χ3v) is 4.36. The Morgan fingerprint density at radius 3 is 2.14 bits per heavy atom. The topological polar surface area (TPSA) is 26.0 Å². The van der Waals surface area contributed by atoms with E-state index >= 15 is 0 Å². The third kappa shape index (κ3) is 0.885. The largest absolute Gasteiger partial charge is 0.321 e. The van der Waals surface area contributed by atoms with E-state index in [0.29, 0.717) is 5.41 Å². The summed E-state index contributed by atoms with van der Waals surface area (Å²) >= 11 is 0. The normalized spacial score (nSPS) is 39.6. The lowest BCUT2D eigenvalue weighted by molar-refractivity contribution is 0.178. The summed E-state index contributed by atoms with van der Waals surface area (Å²) in [6.07, 6.45) is 4.86. The second kappa shape index (κ2) is 2.40. The lowest BCUT2D eigenvalue weighted by Crippen LogP contribution is -2.50. The second-order valence-electron chi connectivity index (χ2n) is 5.26. The molecule has 1 heteroatoms. The molecule has 0 aliphatic heterocycles. The minimum Gasteiger partial charge on any atom is -0.321 e. The fraction of sp³-hybridized carbons (Fsp3) is 0.538. The highest BCUT2D eigenvalue weighted by atomic mass is 14.8. The van der Waals surface area contributed by atoms with E-state index in [1.807, 2.05) is 0 Å². The number of hydrogen-bond acceptors (Lipinski definition) is 1. The Morgan fingerprint density at radius 2 is 1.57 bits per heavy atom. The molecule has 0 saturated heterocycles. The van der Waals surface area contributed by atoms with E-state index in [-0.39, 0.29) is 5.54 Å². The van der Waals surface area contributed by atoms with Gasteiger partial charge in [-0.05, 0) is 42.2 Å². The van der Waals surface area contributed by atoms with Crippen molar-refractivity contribution in [1.29, 1.82) is 0 Å². The predicted molar refractivity (Wildman–Crippen MR) is 58.1 cm³/mol. The molecule has 3 aliphatic carbocycles. The van der Waals surface area contributed by atoms with Crippen LogP contribution in [-0.2, 0) is 11.0 Å². The van der Waals surface area contributed by atoms with Gasteiger partial charge in [-0.1, -0.05) is 31.2 Å². The van der Waals surface area contributed by atoms with Gasteiger partial charge in [0.25, 0.3) is 0 Å². The average Bonchev–Trinajstić information content (AvgIpc) is 2.22. The molecular weight excluding hydrogens is 170 g/mol. The minimum absolute atomic E-state index is 0.00560. The van der Waals surface area contributed by atoms with E-state index in [4.69, 9.17) is 5.73 Å². The molecule has 1 saturated carbocycles. The molecule has 0 amide bonds. The molecule has 3 aliphatic rings. The lowest BCUT2D eigenvalue weighted by atomic mass is 9.56. The monoisotopic (exact) mass is 187 g/mol. The van der Waals surface area contributed by atoms with Crippen LogP contribution in [0.2, 0.25) is 0 Å². The highest BCUT2D eigenvalue weighted by Crippen LogP contribution is 2.53. The molecule has 2 bridgehead atoms. The summed E-state index contributed by atoms with van der Waals surface area (Å²) in [6, 6.07) is 8.77. The van der Waals surface area contributed by atoms with Gasteiger partial charge < -0.3 is 5.73 Å². The molecule has 2 N–H and O–H groups in total. The van der Waals surface area contributed by atoms with Gasteiger partial charge in [0.05, 0.1) is 0 Å². The summed E-state index contributed by atoms with van der Waals surface area (Å²) in [5, 5.41) is 0. The van der Waals surface area contributed by atoms with E-state index in [1.54, 1.807) is 0 Å². The molecule has 0 heterocycles. The zero-order chi connectivity index (χ0) is 9.81. The molecule has 1 fully saturated rings. The van der Waals surface area contributed by atoms with Crippen molar-refractivity contribution in [3.63, 3.8) is 0 Å². The molecule has 74 valence electrons. The maximum Gasteiger partial charge on any atom is 0.0413 e. The molecular formula is C13H17N. The summed E-state index contributed by atoms with van der Waals surface area (Å²) in [4.78, 5) is 0. The molecule has 4 rings (SSSR count). The van der Waals surface area contributed by atoms with Gasteiger partial charge in [0.15, 0.2) is 0 Å². The standard InChI is InChI=1S/C13H17N/c1-12-6-8-13(14,9-7-12)11-5-3-2-4-10(11)12/h2-5H,6-9,14H2,1H3. The van der Waals surface area contributed by atoms with Crippen LogP contribution in [0.15, 0.2) is 24.3 Å². The van der Waals surface area contributed by atoms with E-state index in [9.17, 15) is 0 Å². The Kier molecular flexibility index (Phi) is 1.46. The van der Waals surface area contributed by atoms with Crippen LogP contribution in [-0.4, -0.2) is 0 Å². The Morgan fingerprint density at radius 1 is 1.00 bits per heavy atom. The van der Waals surface area contributed by atoms with Gasteiger partial charge in [-0.2, -0.15) is 0 Å². The molecule has 1 aromatic carbocycles. The van der Waals surface area contributed by atoms with Gasteiger partial charge in [0, 0.05) is 5.54 Å². The SMILES string of the molecule is CC12CCC(N)(CC1)c1ccccc12. The van der Waals surface area contributed by atoms with E-state index in [0.717, 1.165) is 0 Å². The van der Waals surface area contributed by atoms with Gasteiger partial charge in [-0.15, -0.1) is 0 Å². The van der Waals surface area contributed by atoms with E-state index in [2.05, 4.69) is 31.2 Å². The first-order chi connectivity index (χ1) is 6.64. The molecule has 0 spiro atoms. The van der Waals surface area contributed by atoms with Crippen molar-refractivity contribution in [2.24, 2.45) is 5.73 Å². The number of fused-ring (bicyclic) bond motifs is 2. The average molecular weight is 187 g/mol. The van der Waals surface area contributed by atoms with Crippen LogP contribution >= 0.6 is 0 Å². The van der Waals surface area contributed by atoms with Crippen LogP contribution in [0.5, 0.6) is 0 Å². The maximum absolute atomic E-state index is 6.47. The quantitative estimate of drug-likeness (QED) is 0.664. The van der Waals surface area contributed by atoms with Crippen LogP contribution in [0.4, 0.5) is 0 Å². The van der Waals surface area contributed by atoms with Crippen LogP contribution in [0.3, 0.4) is 0 Å². The summed E-state index contributed by atoms with van der Waals surface area (Å²) in [5.74, 6) is 0. The minimum atomic E-state index is -0.00560. The van der Waals surface area contributed by atoms with Gasteiger partial charge >= 0.3 is 0 Å². The molecule has 0 aromatic heterocycles. The van der Waals surface area contributed by atoms with Crippen molar-refractivity contribution in [2.75, 3.05) is 0 Å². The van der Waals surface area contributed by atoms with Crippen molar-refractivity contribution in [2.45, 2.75) is 43.6 Å². The van der Waals surface area contributed by atoms with Crippen LogP contribution in [0, 0.1) is 0 Å². The first-order valence-corrected chi connectivity index (χ1v) is 5.53. The number of nitrogens with two attached hydrogens (primary N) is 1. The first-order valence-electron chi connectivity index (χ1n) is 5.53. The molecule has 1 nitrogen and oxygen atoms in total. The summed E-state index contributed by atoms with van der Waals surface area (Å²) < 4.78 is 0. The zero-order valence-corrected chi connectivity index (χ0v) is 8.72. The molecule has 0 unspecified atom stereocenters. The van der Waals surface area contributed by atoms with Crippen LogP contribution < -0.4 is 5.73 Å². The smallest absolute Gasteiger partial charge is 0.0413 e. The molecule has 0 radical (unpaired) electrons. The van der Waals surface area contributed by atoms with Gasteiger partial charge in [0.1, 0.15) is 0 Å². The van der Waals surface area contributed by atoms with Crippen molar-refractivity contribution in [3.8, 4) is 0 Å². The van der Waals surface area contributed by atoms with Crippen molar-refractivity contribution >= 4 is 0 Å². The second-order valence-corrected chi connectivity index (χ2v) is 5.26. The molecule has 1 aromatic rings. The van der Waals surface area contributed by atoms with Crippen LogP contribution in [0.1, 0.15) is 43.7 Å². The van der Waals surface area contributed by atoms with Crippen molar-refractivity contribution in [1.82, 2.24) is 0 Å². The Balaban J connectivity index is 2.28. The Hall–Kier alpha value is -0.820. The Labute approximate surface area is 85.3 Å². The number of rotatable bonds is 0. The zero-order valence-electron chi connectivity index (χ0n) is 8.72. The van der Waals surface area contributed by atoms with Gasteiger partial charge in [-0.25, -0.2) is 0 Å². The van der Waals surface area contributed by atoms with Gasteiger partial charge in [-0.3, -0.25) is 0 Å². The van der Waals surface area contributed by atoms with E-state index in [1.165, 1.54) is 36.8 Å². The van der Waals surface area contributed by atoms with E-state index < -0.39 is 0 Å². The highest BCUT2D eigenvalue weighted by molar-refractivity contribution is 5.44. The maximum atomic E-state index is 6.47. The summed E-state index contributed by atoms with van der Waals surface area (Å²) in [6.45, 7) is 2.39.